The molecule has 0 bridgehead atoms. The first-order chi connectivity index (χ1) is 46.8. The van der Waals surface area contributed by atoms with E-state index in [4.69, 9.17) is 55.6 Å². The molecule has 0 aromatic heterocycles. The van der Waals surface area contributed by atoms with Crippen LogP contribution in [-0.2, 0) is 55.6 Å². The standard InChI is InChI=1S/C22H44O3Si.2C21H42O4Si.C21H40O4Si.Na.H2O/c1-12-13-19-20(24-22(8,9)23-19)17(3)15-14-16(2)18(4)25-26(10,11)21(5,6)7;1-15(17(3)25-26(9,10)20(4,5)6)11-12-16(2)19-18(13-14-22)23-21(7,8)24-19;2*1-11-12-18-19(24-21(7,8)23-18)17(22)14-13-15(2)16(3)25-26(9,10)20(4,5)6;;/h14-20H,12-13H2,1-11H3;11-12,15-19,22H,13-14H2,1-10H3;13-19,22H,11-12H2,1-10H3;15-19,22H,11-12H2,1-10H3;;1H2/q;;;;+1;/p-1/b15-14-;12-11-;14-13-;;;/t16-,17?,18+,19+,20-;15-,16?,17+,18+,19-;2*15-,16+,17?,18+,19-;;/m1111../s1. The maximum absolute atomic E-state index is 10.6. The molecule has 622 valence electrons. The third kappa shape index (κ3) is 35.6. The van der Waals surface area contributed by atoms with Gasteiger partial charge < -0.3 is 76.4 Å². The molecule has 4 saturated heterocycles. The normalized spacial score (nSPS) is 26.9. The number of hydrogen-bond acceptors (Lipinski definition) is 16. The minimum atomic E-state index is -1.83. The molecule has 20 atom stereocenters. The second-order valence-corrected chi connectivity index (χ2v) is 58.3. The Morgan fingerprint density at radius 2 is 0.613 bits per heavy atom. The molecule has 0 saturated carbocycles. The summed E-state index contributed by atoms with van der Waals surface area (Å²) in [6.45, 7) is 89.1. The van der Waals surface area contributed by atoms with Crippen LogP contribution >= 0.6 is 0 Å². The first-order valence-corrected chi connectivity index (χ1v) is 52.1. The summed E-state index contributed by atoms with van der Waals surface area (Å²) in [6, 6.07) is 0. The van der Waals surface area contributed by atoms with Crippen LogP contribution < -0.4 is 29.6 Å². The van der Waals surface area contributed by atoms with Crippen molar-refractivity contribution in [3.8, 4) is 11.8 Å². The maximum atomic E-state index is 10.6. The Kier molecular flexibility index (Phi) is 45.2. The number of aliphatic hydroxyl groups is 3. The van der Waals surface area contributed by atoms with Crippen molar-refractivity contribution >= 4 is 33.3 Å². The SMILES string of the molecule is CC(/C=C\[C@@H](C)[C@H](C)O[Si](C)(C)C(C)(C)C)[C@H]1OC(C)(C)O[C@H]1CCO.CCC[C@@H]1OC(C)(C)O[C@@H]1C(C)/C=C\[C@@H](C)[C@H](C)O[Si](C)(C)C(C)(C)C.CCC[C@@H]1OC(C)(C)O[C@@H]1C(O)/C=C\[C@@H](C)[C@H](C)O[Si](C)(C)C(C)(C)C.CCC[C@@H]1OC(C)(C)O[C@@H]1C(O)C#C[C@@H](C)[C@H](C)O[Si](C)(C)C(C)(C)C.[Na+].[OH-]. The summed E-state index contributed by atoms with van der Waals surface area (Å²) in [5.41, 5.74) is 0. The van der Waals surface area contributed by atoms with Crippen molar-refractivity contribution in [2.45, 2.75) is 455 Å². The van der Waals surface area contributed by atoms with Gasteiger partial charge in [0.05, 0.1) is 42.7 Å². The van der Waals surface area contributed by atoms with Crippen LogP contribution in [0.3, 0.4) is 0 Å². The van der Waals surface area contributed by atoms with Crippen molar-refractivity contribution in [2.24, 2.45) is 35.5 Å². The smallest absolute Gasteiger partial charge is 0.870 e. The minimum Gasteiger partial charge on any atom is -0.870 e. The van der Waals surface area contributed by atoms with Crippen molar-refractivity contribution < 1.29 is 106 Å². The van der Waals surface area contributed by atoms with E-state index in [-0.39, 0.29) is 147 Å². The molecular formula is C85H169NaO16Si4. The van der Waals surface area contributed by atoms with E-state index in [9.17, 15) is 15.3 Å². The molecule has 0 aliphatic carbocycles. The largest absolute Gasteiger partial charge is 1.00 e. The van der Waals surface area contributed by atoms with E-state index in [2.05, 4.69) is 268 Å². The average Bonchev–Trinajstić information content (AvgIpc) is 1.66. The summed E-state index contributed by atoms with van der Waals surface area (Å²) < 4.78 is 74.0. The summed E-state index contributed by atoms with van der Waals surface area (Å²) in [7, 11) is -7.11. The van der Waals surface area contributed by atoms with E-state index in [0.29, 0.717) is 24.2 Å². The summed E-state index contributed by atoms with van der Waals surface area (Å²) in [6.07, 6.45) is 17.8. The van der Waals surface area contributed by atoms with Crippen molar-refractivity contribution in [1.29, 1.82) is 0 Å². The molecule has 106 heavy (non-hydrogen) atoms. The number of aliphatic hydroxyl groups excluding tert-OH is 3. The monoisotopic (exact) mass is 1580 g/mol. The molecular weight excluding hydrogens is 1410 g/mol. The van der Waals surface area contributed by atoms with Crippen molar-refractivity contribution in [3.05, 3.63) is 36.5 Å². The van der Waals surface area contributed by atoms with Gasteiger partial charge in [0, 0.05) is 42.7 Å². The molecule has 4 heterocycles. The summed E-state index contributed by atoms with van der Waals surface area (Å²) in [5.74, 6) is 5.33. The van der Waals surface area contributed by atoms with Gasteiger partial charge in [-0.05, 0) is 206 Å². The van der Waals surface area contributed by atoms with Crippen LogP contribution in [-0.4, -0.2) is 169 Å². The van der Waals surface area contributed by atoms with Crippen LogP contribution in [0.5, 0.6) is 0 Å². The molecule has 4 unspecified atom stereocenters. The molecule has 0 aromatic rings. The Morgan fingerprint density at radius 3 is 0.896 bits per heavy atom. The van der Waals surface area contributed by atoms with Gasteiger partial charge in [-0.25, -0.2) is 0 Å². The van der Waals surface area contributed by atoms with Crippen LogP contribution in [0, 0.1) is 47.3 Å². The van der Waals surface area contributed by atoms with E-state index < -0.39 is 74.7 Å². The molecule has 4 fully saturated rings. The Bertz CT molecular complexity index is 2420. The Morgan fingerprint density at radius 1 is 0.368 bits per heavy atom. The molecule has 0 amide bonds. The summed E-state index contributed by atoms with van der Waals surface area (Å²) in [5, 5.41) is 31.3. The molecule has 4 aliphatic rings. The quantitative estimate of drug-likeness (QED) is 0.0348. The van der Waals surface area contributed by atoms with Crippen LogP contribution in [0.25, 0.3) is 0 Å². The Labute approximate surface area is 679 Å². The average molecular weight is 1580 g/mol. The molecule has 16 nitrogen and oxygen atoms in total. The molecule has 21 heteroatoms. The van der Waals surface area contributed by atoms with Gasteiger partial charge in [0.1, 0.15) is 24.4 Å². The van der Waals surface area contributed by atoms with E-state index in [0.717, 1.165) is 38.5 Å². The zero-order chi connectivity index (χ0) is 81.3. The van der Waals surface area contributed by atoms with Gasteiger partial charge in [-0.15, -0.1) is 0 Å². The van der Waals surface area contributed by atoms with E-state index >= 15 is 0 Å². The van der Waals surface area contributed by atoms with Crippen LogP contribution in [0.4, 0.5) is 0 Å². The van der Waals surface area contributed by atoms with Crippen LogP contribution in [0.15, 0.2) is 36.5 Å². The summed E-state index contributed by atoms with van der Waals surface area (Å²) >= 11 is 0. The third-order valence-corrected chi connectivity index (χ3v) is 41.6. The number of ether oxygens (including phenoxy) is 8. The topological polar surface area (TPSA) is 201 Å². The molecule has 0 aromatic carbocycles. The zero-order valence-electron chi connectivity index (χ0n) is 76.4. The van der Waals surface area contributed by atoms with E-state index in [1.165, 1.54) is 0 Å². The van der Waals surface area contributed by atoms with Gasteiger partial charge >= 0.3 is 29.6 Å². The minimum absolute atomic E-state index is 0. The number of rotatable bonds is 30. The first-order valence-electron chi connectivity index (χ1n) is 40.5. The van der Waals surface area contributed by atoms with Crippen LogP contribution in [0.2, 0.25) is 72.5 Å². The van der Waals surface area contributed by atoms with E-state index in [1.807, 2.05) is 61.5 Å². The zero-order valence-corrected chi connectivity index (χ0v) is 82.4. The van der Waals surface area contributed by atoms with Gasteiger partial charge in [0.25, 0.3) is 0 Å². The van der Waals surface area contributed by atoms with Gasteiger partial charge in [0.2, 0.25) is 0 Å². The fraction of sp³-hybridized carbons (Fsp3) is 0.906. The fourth-order valence-electron chi connectivity index (χ4n) is 12.0. The van der Waals surface area contributed by atoms with Gasteiger partial charge in [-0.3, -0.25) is 0 Å². The Hall–Kier alpha value is 0.00753. The predicted octanol–water partition coefficient (Wildman–Crippen LogP) is 18.5. The van der Waals surface area contributed by atoms with Gasteiger partial charge in [-0.1, -0.05) is 206 Å². The molecule has 0 radical (unpaired) electrons. The Balaban J connectivity index is 0. The molecule has 0 spiro atoms. The first kappa shape index (κ1) is 108. The van der Waals surface area contributed by atoms with Gasteiger partial charge in [0.15, 0.2) is 56.4 Å². The third-order valence-electron chi connectivity index (χ3n) is 23.3. The van der Waals surface area contributed by atoms with E-state index in [1.54, 1.807) is 0 Å². The van der Waals surface area contributed by atoms with Crippen LogP contribution in [0.1, 0.15) is 273 Å². The van der Waals surface area contributed by atoms with Crippen molar-refractivity contribution in [1.82, 2.24) is 0 Å². The van der Waals surface area contributed by atoms with Crippen molar-refractivity contribution in [3.63, 3.8) is 0 Å². The second-order valence-electron chi connectivity index (χ2n) is 39.2. The maximum Gasteiger partial charge on any atom is 1.00 e. The summed E-state index contributed by atoms with van der Waals surface area (Å²) in [4.78, 5) is 0. The van der Waals surface area contributed by atoms with Crippen molar-refractivity contribution in [2.75, 3.05) is 6.61 Å². The number of hydrogen-bond donors (Lipinski definition) is 3. The molecule has 4 aliphatic heterocycles. The molecule has 4 rings (SSSR count). The predicted molar refractivity (Wildman–Crippen MR) is 447 cm³/mol. The molecule has 4 N–H and O–H groups in total. The second kappa shape index (κ2) is 44.4. The van der Waals surface area contributed by atoms with Gasteiger partial charge in [-0.2, -0.15) is 0 Å². The fourth-order valence-corrected chi connectivity index (χ4v) is 17.9.